The van der Waals surface area contributed by atoms with Crippen LogP contribution in [0.2, 0.25) is 0 Å². The van der Waals surface area contributed by atoms with Crippen LogP contribution in [-0.4, -0.2) is 4.70 Å². The number of halogens is 4. The molecule has 0 aromatic heterocycles. The minimum absolute atomic E-state index is 0. The van der Waals surface area contributed by atoms with Gasteiger partial charge in [0, 0.05) is 0 Å². The Balaban J connectivity index is -0.0000000450. The van der Waals surface area contributed by atoms with Crippen molar-refractivity contribution in [3.8, 4) is 0 Å². The summed E-state index contributed by atoms with van der Waals surface area (Å²) in [5.74, 6) is 0. The molecule has 1 nitrogen and oxygen atoms in total. The van der Waals surface area contributed by atoms with E-state index in [1.807, 2.05) is 0 Å². The van der Waals surface area contributed by atoms with E-state index < -0.39 is 4.70 Å². The van der Waals surface area contributed by atoms with Crippen LogP contribution in [0.5, 0.6) is 0 Å². The van der Waals surface area contributed by atoms with Crippen LogP contribution in [0.15, 0.2) is 0 Å². The zero-order chi connectivity index (χ0) is 3.58. The van der Waals surface area contributed by atoms with Crippen LogP contribution < -0.4 is 0 Å². The van der Waals surface area contributed by atoms with E-state index in [9.17, 15) is 0 Å². The normalized spacial score (nSPS) is 4.33. The quantitative estimate of drug-likeness (QED) is 0.569. The van der Waals surface area contributed by atoms with E-state index in [0.29, 0.717) is 0 Å². The van der Waals surface area contributed by atoms with Gasteiger partial charge in [-0.1, -0.05) is 0 Å². The molecule has 0 aliphatic heterocycles. The summed E-state index contributed by atoms with van der Waals surface area (Å²) in [4.78, 5) is 8.98. The summed E-state index contributed by atoms with van der Waals surface area (Å²) < 4.78 is -0.889. The topological polar surface area (TPSA) is 17.1 Å². The monoisotopic (exact) mass is 214 g/mol. The molecule has 0 unspecified atom stereocenters. The summed E-state index contributed by atoms with van der Waals surface area (Å²) in [6, 6.07) is 0. The van der Waals surface area contributed by atoms with E-state index in [0.717, 1.165) is 0 Å². The Hall–Kier alpha value is 1.02. The molecule has 0 fully saturated rings. The maximum absolute atomic E-state index is 8.98. The van der Waals surface area contributed by atoms with Gasteiger partial charge in [-0.15, -0.1) is 29.4 Å². The van der Waals surface area contributed by atoms with Crippen molar-refractivity contribution in [3.05, 3.63) is 0 Å². The lowest BCUT2D eigenvalue weighted by atomic mass is 11.8. The highest BCUT2D eigenvalue weighted by Gasteiger charge is 1.72. The average Bonchev–Trinajstić information content (AvgIpc) is 0.811. The molecule has 0 aromatic rings. The third-order valence-corrected chi connectivity index (χ3v) is 0. The standard InChI is InChI=1S/CCl2O.BrH.ClH/c2-1(3)4;;/h;2*1H. The summed E-state index contributed by atoms with van der Waals surface area (Å²) in [5.41, 5.74) is 0. The fourth-order valence-electron chi connectivity index (χ4n) is 0. The molecule has 0 bridgehead atoms. The van der Waals surface area contributed by atoms with Crippen LogP contribution in [0.25, 0.3) is 0 Å². The lowest BCUT2D eigenvalue weighted by molar-refractivity contribution is 0.275. The molecule has 0 N–H and O–H groups in total. The van der Waals surface area contributed by atoms with E-state index in [1.165, 1.54) is 0 Å². The van der Waals surface area contributed by atoms with Crippen LogP contribution in [-0.2, 0) is 0 Å². The number of carbonyl (C=O) groups is 1. The molecule has 5 heteroatoms. The van der Waals surface area contributed by atoms with Crippen molar-refractivity contribution in [2.75, 3.05) is 0 Å². The fraction of sp³-hybridized carbons (Fsp3) is 0. The molecule has 6 heavy (non-hydrogen) atoms. The summed E-state index contributed by atoms with van der Waals surface area (Å²) in [6.45, 7) is 0. The van der Waals surface area contributed by atoms with Crippen LogP contribution in [0.1, 0.15) is 0 Å². The Kier molecular flexibility index (Phi) is 24.6. The Morgan fingerprint density at radius 3 is 1.33 bits per heavy atom. The van der Waals surface area contributed by atoms with E-state index in [1.54, 1.807) is 0 Å². The van der Waals surface area contributed by atoms with Crippen LogP contribution in [0, 0.1) is 0 Å². The Morgan fingerprint density at radius 2 is 1.33 bits per heavy atom. The minimum Gasteiger partial charge on any atom is -0.262 e. The third kappa shape index (κ3) is 78.0. The van der Waals surface area contributed by atoms with Crippen molar-refractivity contribution in [2.45, 2.75) is 0 Å². The molecule has 0 radical (unpaired) electrons. The number of hydrogen-bond donors (Lipinski definition) is 0. The van der Waals surface area contributed by atoms with Gasteiger partial charge < -0.3 is 0 Å². The second-order valence-corrected chi connectivity index (χ2v) is 1.11. The first-order chi connectivity index (χ1) is 1.73. The summed E-state index contributed by atoms with van der Waals surface area (Å²) in [7, 11) is 0. The van der Waals surface area contributed by atoms with Gasteiger partial charge in [-0.2, -0.15) is 0 Å². The zero-order valence-corrected chi connectivity index (χ0v) is 6.52. The molecule has 0 heterocycles. The molecular formula is CH2BrCl3O. The van der Waals surface area contributed by atoms with E-state index in [4.69, 9.17) is 4.79 Å². The van der Waals surface area contributed by atoms with Gasteiger partial charge in [0.2, 0.25) is 0 Å². The summed E-state index contributed by atoms with van der Waals surface area (Å²) in [5, 5.41) is 0. The molecule has 0 atom stereocenters. The molecule has 0 spiro atoms. The van der Waals surface area contributed by atoms with Gasteiger partial charge in [0.1, 0.15) is 0 Å². The van der Waals surface area contributed by atoms with E-state index in [2.05, 4.69) is 23.2 Å². The predicted molar refractivity (Wildman–Crippen MR) is 34.7 cm³/mol. The highest BCUT2D eigenvalue weighted by molar-refractivity contribution is 8.93. The highest BCUT2D eigenvalue weighted by Crippen LogP contribution is 1.84. The maximum Gasteiger partial charge on any atom is 0.313 e. The molecule has 0 saturated heterocycles. The first-order valence-electron chi connectivity index (χ1n) is 0.582. The van der Waals surface area contributed by atoms with Crippen molar-refractivity contribution >= 4 is 57.3 Å². The second kappa shape index (κ2) is 9.39. The van der Waals surface area contributed by atoms with Crippen LogP contribution in [0.3, 0.4) is 0 Å². The van der Waals surface area contributed by atoms with Gasteiger partial charge in [0.15, 0.2) is 0 Å². The van der Waals surface area contributed by atoms with Crippen molar-refractivity contribution in [2.24, 2.45) is 0 Å². The van der Waals surface area contributed by atoms with Gasteiger partial charge in [-0.3, -0.25) is 4.79 Å². The van der Waals surface area contributed by atoms with Gasteiger partial charge in [0.05, 0.1) is 0 Å². The zero-order valence-electron chi connectivity index (χ0n) is 2.48. The van der Waals surface area contributed by atoms with E-state index in [-0.39, 0.29) is 29.4 Å². The van der Waals surface area contributed by atoms with Gasteiger partial charge >= 0.3 is 4.70 Å². The summed E-state index contributed by atoms with van der Waals surface area (Å²) in [6.07, 6.45) is 0. The highest BCUT2D eigenvalue weighted by atomic mass is 79.9. The van der Waals surface area contributed by atoms with Gasteiger partial charge in [-0.05, 0) is 23.2 Å². The molecule has 0 amide bonds. The maximum atomic E-state index is 8.98. The van der Waals surface area contributed by atoms with Crippen LogP contribution >= 0.6 is 52.6 Å². The third-order valence-electron chi connectivity index (χ3n) is 0. The van der Waals surface area contributed by atoms with Crippen LogP contribution in [0.4, 0.5) is 4.79 Å². The van der Waals surface area contributed by atoms with Crippen molar-refractivity contribution in [3.63, 3.8) is 0 Å². The minimum atomic E-state index is -0.889. The number of carbonyl (C=O) groups excluding carboxylic acids is 1. The smallest absolute Gasteiger partial charge is 0.262 e. The molecule has 0 saturated carbocycles. The van der Waals surface area contributed by atoms with Crippen molar-refractivity contribution in [1.29, 1.82) is 0 Å². The summed E-state index contributed by atoms with van der Waals surface area (Å²) >= 11 is 8.80. The molecule has 40 valence electrons. The SMILES string of the molecule is Br.Cl.O=C(Cl)Cl. The lowest BCUT2D eigenvalue weighted by Gasteiger charge is -1.48. The second-order valence-electron chi connectivity index (χ2n) is 0.226. The van der Waals surface area contributed by atoms with Gasteiger partial charge in [-0.25, -0.2) is 0 Å². The first-order valence-corrected chi connectivity index (χ1v) is 1.34. The lowest BCUT2D eigenvalue weighted by Crippen LogP contribution is -1.46. The largest absolute Gasteiger partial charge is 0.313 e. The van der Waals surface area contributed by atoms with Gasteiger partial charge in [0.25, 0.3) is 0 Å². The number of hydrogen-bond acceptors (Lipinski definition) is 1. The molecule has 0 rings (SSSR count). The van der Waals surface area contributed by atoms with E-state index >= 15 is 0 Å². The fourth-order valence-corrected chi connectivity index (χ4v) is 0. The Labute approximate surface area is 62.2 Å². The van der Waals surface area contributed by atoms with Crippen molar-refractivity contribution < 1.29 is 4.79 Å². The molecular weight excluding hydrogens is 214 g/mol. The molecule has 0 aromatic carbocycles. The first kappa shape index (κ1) is 15.7. The average molecular weight is 216 g/mol. The molecule has 0 aliphatic carbocycles. The predicted octanol–water partition coefficient (Wildman–Crippen LogP) is 2.58. The Bertz CT molecular complexity index is 33.8. The Morgan fingerprint density at radius 1 is 1.33 bits per heavy atom. The molecule has 0 aliphatic rings. The van der Waals surface area contributed by atoms with Crippen molar-refractivity contribution in [1.82, 2.24) is 0 Å². The number of rotatable bonds is 0.